The van der Waals surface area contributed by atoms with Crippen molar-refractivity contribution in [1.29, 1.82) is 0 Å². The lowest BCUT2D eigenvalue weighted by atomic mass is 10.2. The Kier molecular flexibility index (Phi) is 3.86. The van der Waals surface area contributed by atoms with Crippen molar-refractivity contribution in [3.05, 3.63) is 34.3 Å². The van der Waals surface area contributed by atoms with Gasteiger partial charge in [0.1, 0.15) is 21.7 Å². The van der Waals surface area contributed by atoms with Crippen molar-refractivity contribution in [2.75, 3.05) is 19.4 Å². The third-order valence-electron chi connectivity index (χ3n) is 2.97. The van der Waals surface area contributed by atoms with E-state index in [-0.39, 0.29) is 5.91 Å². The van der Waals surface area contributed by atoms with E-state index >= 15 is 0 Å². The lowest BCUT2D eigenvalue weighted by Crippen LogP contribution is -2.14. The van der Waals surface area contributed by atoms with Crippen LogP contribution in [0.2, 0.25) is 0 Å². The van der Waals surface area contributed by atoms with Gasteiger partial charge in [0, 0.05) is 24.7 Å². The van der Waals surface area contributed by atoms with E-state index in [9.17, 15) is 4.79 Å². The monoisotopic (exact) mass is 316 g/mol. The van der Waals surface area contributed by atoms with Gasteiger partial charge in [-0.15, -0.1) is 11.3 Å². The highest BCUT2D eigenvalue weighted by Gasteiger charge is 2.12. The minimum absolute atomic E-state index is 0.218. The van der Waals surface area contributed by atoms with E-state index in [2.05, 4.69) is 20.5 Å². The SMILES string of the molecule is CN(C)Cc1nc(C(=O)Nc2ccc3nn(C)nc3c2)cs1. The predicted octanol–water partition coefficient (Wildman–Crippen LogP) is 1.74. The molecule has 1 N–H and O–H groups in total. The zero-order valence-electron chi connectivity index (χ0n) is 12.6. The largest absolute Gasteiger partial charge is 0.321 e. The van der Waals surface area contributed by atoms with E-state index in [0.29, 0.717) is 11.4 Å². The Morgan fingerprint density at radius 1 is 1.32 bits per heavy atom. The molecule has 8 heteroatoms. The van der Waals surface area contributed by atoms with Gasteiger partial charge >= 0.3 is 0 Å². The molecule has 0 bridgehead atoms. The molecule has 0 aliphatic carbocycles. The topological polar surface area (TPSA) is 75.9 Å². The van der Waals surface area contributed by atoms with Gasteiger partial charge in [-0.25, -0.2) is 4.98 Å². The Morgan fingerprint density at radius 2 is 2.09 bits per heavy atom. The minimum Gasteiger partial charge on any atom is -0.321 e. The van der Waals surface area contributed by atoms with Gasteiger partial charge in [-0.3, -0.25) is 4.79 Å². The number of benzene rings is 1. The molecule has 0 atom stereocenters. The molecule has 0 spiro atoms. The normalized spacial score (nSPS) is 11.3. The number of hydrogen-bond acceptors (Lipinski definition) is 6. The van der Waals surface area contributed by atoms with Crippen LogP contribution >= 0.6 is 11.3 Å². The number of aromatic nitrogens is 4. The van der Waals surface area contributed by atoms with E-state index in [1.54, 1.807) is 18.5 Å². The molecule has 22 heavy (non-hydrogen) atoms. The molecule has 0 aliphatic heterocycles. The molecule has 0 saturated carbocycles. The van der Waals surface area contributed by atoms with Crippen molar-refractivity contribution in [3.8, 4) is 0 Å². The number of hydrogen-bond donors (Lipinski definition) is 1. The number of amides is 1. The van der Waals surface area contributed by atoms with Crippen LogP contribution in [-0.2, 0) is 13.6 Å². The fourth-order valence-corrected chi connectivity index (χ4v) is 2.94. The zero-order chi connectivity index (χ0) is 15.7. The van der Waals surface area contributed by atoms with Crippen molar-refractivity contribution in [2.45, 2.75) is 6.54 Å². The van der Waals surface area contributed by atoms with Gasteiger partial charge < -0.3 is 10.2 Å². The van der Waals surface area contributed by atoms with E-state index in [0.717, 1.165) is 22.6 Å². The summed E-state index contributed by atoms with van der Waals surface area (Å²) in [6.07, 6.45) is 0. The third kappa shape index (κ3) is 3.12. The van der Waals surface area contributed by atoms with Gasteiger partial charge in [-0.1, -0.05) is 0 Å². The van der Waals surface area contributed by atoms with E-state index < -0.39 is 0 Å². The Bertz CT molecular complexity index is 822. The molecule has 7 nitrogen and oxygen atoms in total. The fraction of sp³-hybridized carbons (Fsp3) is 0.286. The van der Waals surface area contributed by atoms with Crippen molar-refractivity contribution in [3.63, 3.8) is 0 Å². The second kappa shape index (κ2) is 5.82. The number of nitrogens with one attached hydrogen (secondary N) is 1. The first kappa shape index (κ1) is 14.6. The standard InChI is InChI=1S/C14H16N6OS/c1-19(2)7-13-16-12(8-22-13)14(21)15-9-4-5-10-11(6-9)18-20(3)17-10/h4-6,8H,7H2,1-3H3,(H,15,21). The number of thiazole rings is 1. The average Bonchev–Trinajstić information content (AvgIpc) is 3.03. The van der Waals surface area contributed by atoms with Crippen molar-refractivity contribution >= 4 is 34.0 Å². The summed E-state index contributed by atoms with van der Waals surface area (Å²) in [7, 11) is 5.70. The van der Waals surface area contributed by atoms with Crippen molar-refractivity contribution < 1.29 is 4.79 Å². The van der Waals surface area contributed by atoms with Crippen molar-refractivity contribution in [1.82, 2.24) is 24.9 Å². The van der Waals surface area contributed by atoms with Gasteiger partial charge in [0.05, 0.1) is 0 Å². The highest BCUT2D eigenvalue weighted by atomic mass is 32.1. The van der Waals surface area contributed by atoms with Crippen LogP contribution in [0.4, 0.5) is 5.69 Å². The number of nitrogens with zero attached hydrogens (tertiary/aromatic N) is 5. The number of fused-ring (bicyclic) bond motifs is 1. The minimum atomic E-state index is -0.218. The number of anilines is 1. The van der Waals surface area contributed by atoms with Crippen LogP contribution in [0.15, 0.2) is 23.6 Å². The molecular weight excluding hydrogens is 300 g/mol. The van der Waals surface area contributed by atoms with Crippen LogP contribution in [0.5, 0.6) is 0 Å². The summed E-state index contributed by atoms with van der Waals surface area (Å²) >= 11 is 1.48. The van der Waals surface area contributed by atoms with Crippen LogP contribution in [0.3, 0.4) is 0 Å². The van der Waals surface area contributed by atoms with Crippen LogP contribution < -0.4 is 5.32 Å². The Balaban J connectivity index is 1.75. The highest BCUT2D eigenvalue weighted by molar-refractivity contribution is 7.09. The van der Waals surface area contributed by atoms with Crippen LogP contribution in [0.25, 0.3) is 11.0 Å². The molecule has 3 rings (SSSR count). The Morgan fingerprint density at radius 3 is 2.86 bits per heavy atom. The molecule has 3 aromatic rings. The van der Waals surface area contributed by atoms with Gasteiger partial charge in [-0.2, -0.15) is 15.0 Å². The Hall–Kier alpha value is -2.32. The first-order valence-corrected chi connectivity index (χ1v) is 7.61. The molecule has 0 unspecified atom stereocenters. The maximum absolute atomic E-state index is 12.2. The summed E-state index contributed by atoms with van der Waals surface area (Å²) in [6.45, 7) is 0.726. The lowest BCUT2D eigenvalue weighted by Gasteiger charge is -2.05. The molecule has 1 amide bonds. The van der Waals surface area contributed by atoms with Crippen molar-refractivity contribution in [2.24, 2.45) is 7.05 Å². The summed E-state index contributed by atoms with van der Waals surface area (Å²) in [5, 5.41) is 14.0. The maximum atomic E-state index is 12.2. The summed E-state index contributed by atoms with van der Waals surface area (Å²) in [5.74, 6) is -0.218. The molecule has 0 radical (unpaired) electrons. The molecule has 0 aliphatic rings. The fourth-order valence-electron chi connectivity index (χ4n) is 2.05. The third-order valence-corrected chi connectivity index (χ3v) is 3.81. The molecule has 114 valence electrons. The molecule has 2 heterocycles. The molecule has 0 saturated heterocycles. The van der Waals surface area contributed by atoms with E-state index in [4.69, 9.17) is 0 Å². The van der Waals surface area contributed by atoms with Crippen LogP contribution in [-0.4, -0.2) is 44.9 Å². The predicted molar refractivity (Wildman–Crippen MR) is 86.0 cm³/mol. The van der Waals surface area contributed by atoms with Gasteiger partial charge in [0.2, 0.25) is 0 Å². The second-order valence-electron chi connectivity index (χ2n) is 5.21. The summed E-state index contributed by atoms with van der Waals surface area (Å²) in [5.41, 5.74) is 2.65. The summed E-state index contributed by atoms with van der Waals surface area (Å²) in [6, 6.07) is 5.44. The second-order valence-corrected chi connectivity index (χ2v) is 6.15. The van der Waals surface area contributed by atoms with Gasteiger partial charge in [0.25, 0.3) is 5.91 Å². The van der Waals surface area contributed by atoms with E-state index in [1.165, 1.54) is 16.1 Å². The van der Waals surface area contributed by atoms with E-state index in [1.807, 2.05) is 31.1 Å². The summed E-state index contributed by atoms with van der Waals surface area (Å²) in [4.78, 5) is 20.1. The smallest absolute Gasteiger partial charge is 0.275 e. The molecular formula is C14H16N6OS. The Labute approximate surface area is 131 Å². The molecule has 2 aromatic heterocycles. The first-order valence-electron chi connectivity index (χ1n) is 6.73. The zero-order valence-corrected chi connectivity index (χ0v) is 13.4. The first-order chi connectivity index (χ1) is 10.5. The van der Waals surface area contributed by atoms with Crippen LogP contribution in [0, 0.1) is 0 Å². The number of rotatable bonds is 4. The molecule has 1 aromatic carbocycles. The molecule has 0 fully saturated rings. The summed E-state index contributed by atoms with van der Waals surface area (Å²) < 4.78 is 0. The number of carbonyl (C=O) groups excluding carboxylic acids is 1. The lowest BCUT2D eigenvalue weighted by molar-refractivity contribution is 0.102. The van der Waals surface area contributed by atoms with Gasteiger partial charge in [0.15, 0.2) is 0 Å². The quantitative estimate of drug-likeness (QED) is 0.793. The van der Waals surface area contributed by atoms with Crippen LogP contribution in [0.1, 0.15) is 15.5 Å². The maximum Gasteiger partial charge on any atom is 0.275 e. The van der Waals surface area contributed by atoms with Gasteiger partial charge in [-0.05, 0) is 32.3 Å². The number of aryl methyl sites for hydroxylation is 1. The number of carbonyl (C=O) groups is 1. The highest BCUT2D eigenvalue weighted by Crippen LogP contribution is 2.17. The average molecular weight is 316 g/mol.